The molecule has 1 saturated heterocycles. The van der Waals surface area contributed by atoms with Crippen molar-refractivity contribution in [3.63, 3.8) is 0 Å². The fourth-order valence-electron chi connectivity index (χ4n) is 3.79. The zero-order valence-corrected chi connectivity index (χ0v) is 17.5. The molecular weight excluding hydrogens is 368 g/mol. The number of ether oxygens (including phenoxy) is 3. The summed E-state index contributed by atoms with van der Waals surface area (Å²) in [6.45, 7) is 3.67. The third-order valence-electron chi connectivity index (χ3n) is 5.35. The number of piperidine rings is 1. The van der Waals surface area contributed by atoms with E-state index in [1.165, 1.54) is 39.0 Å². The summed E-state index contributed by atoms with van der Waals surface area (Å²) in [6.07, 6.45) is 3.84. The van der Waals surface area contributed by atoms with Crippen LogP contribution in [0.15, 0.2) is 36.4 Å². The number of nitrogens with one attached hydrogen (secondary N) is 1. The number of amides is 1. The Morgan fingerprint density at radius 3 is 2.24 bits per heavy atom. The van der Waals surface area contributed by atoms with Crippen LogP contribution < -0.4 is 19.5 Å². The van der Waals surface area contributed by atoms with Crippen LogP contribution in [0.25, 0.3) is 0 Å². The lowest BCUT2D eigenvalue weighted by molar-refractivity contribution is 0.0947. The maximum atomic E-state index is 12.9. The number of benzene rings is 2. The van der Waals surface area contributed by atoms with Gasteiger partial charge in [0, 0.05) is 13.1 Å². The standard InChI is InChI=1S/C23H30N2O4/c1-27-20-12-11-19(21(28-2)22(20)29-3)23(26)24-15-17-9-5-6-10-18(17)16-25-13-7-4-8-14-25/h5-6,9-12H,4,7-8,13-16H2,1-3H3,(H,24,26). The number of carbonyl (C=O) groups is 1. The molecule has 1 fully saturated rings. The fourth-order valence-corrected chi connectivity index (χ4v) is 3.79. The molecule has 0 aromatic heterocycles. The van der Waals surface area contributed by atoms with Crippen LogP contribution in [0.1, 0.15) is 40.7 Å². The van der Waals surface area contributed by atoms with Crippen molar-refractivity contribution >= 4 is 5.91 Å². The van der Waals surface area contributed by atoms with Gasteiger partial charge in [-0.1, -0.05) is 30.7 Å². The molecule has 29 heavy (non-hydrogen) atoms. The Bertz CT molecular complexity index is 832. The van der Waals surface area contributed by atoms with E-state index in [0.29, 0.717) is 29.4 Å². The Labute approximate surface area is 172 Å². The van der Waals surface area contributed by atoms with E-state index in [1.807, 2.05) is 6.07 Å². The normalized spacial score (nSPS) is 14.3. The average Bonchev–Trinajstić information content (AvgIpc) is 2.77. The molecule has 0 unspecified atom stereocenters. The van der Waals surface area contributed by atoms with E-state index >= 15 is 0 Å². The molecule has 6 heteroatoms. The van der Waals surface area contributed by atoms with Gasteiger partial charge in [0.05, 0.1) is 26.9 Å². The van der Waals surface area contributed by atoms with Gasteiger partial charge in [0.25, 0.3) is 5.91 Å². The minimum absolute atomic E-state index is 0.212. The van der Waals surface area contributed by atoms with Crippen molar-refractivity contribution in [2.24, 2.45) is 0 Å². The predicted octanol–water partition coefficient (Wildman–Crippen LogP) is 3.63. The van der Waals surface area contributed by atoms with Crippen LogP contribution in [0.2, 0.25) is 0 Å². The molecule has 1 aliphatic rings. The Balaban J connectivity index is 1.73. The lowest BCUT2D eigenvalue weighted by Crippen LogP contribution is -2.30. The molecule has 2 aromatic rings. The second kappa shape index (κ2) is 10.2. The fraction of sp³-hybridized carbons (Fsp3) is 0.435. The van der Waals surface area contributed by atoms with E-state index in [0.717, 1.165) is 25.2 Å². The first kappa shape index (κ1) is 21.0. The van der Waals surface area contributed by atoms with Gasteiger partial charge in [-0.2, -0.15) is 0 Å². The lowest BCUT2D eigenvalue weighted by atomic mass is 10.0. The van der Waals surface area contributed by atoms with Crippen molar-refractivity contribution in [2.75, 3.05) is 34.4 Å². The van der Waals surface area contributed by atoms with Crippen molar-refractivity contribution in [3.05, 3.63) is 53.1 Å². The van der Waals surface area contributed by atoms with Gasteiger partial charge < -0.3 is 19.5 Å². The second-order valence-electron chi connectivity index (χ2n) is 7.17. The Kier molecular flexibility index (Phi) is 7.36. The maximum Gasteiger partial charge on any atom is 0.255 e. The molecule has 1 N–H and O–H groups in total. The van der Waals surface area contributed by atoms with Crippen molar-refractivity contribution in [1.29, 1.82) is 0 Å². The van der Waals surface area contributed by atoms with Gasteiger partial charge in [0.15, 0.2) is 11.5 Å². The minimum Gasteiger partial charge on any atom is -0.493 e. The molecule has 156 valence electrons. The van der Waals surface area contributed by atoms with Crippen LogP contribution >= 0.6 is 0 Å². The summed E-state index contributed by atoms with van der Waals surface area (Å²) in [7, 11) is 4.59. The Hall–Kier alpha value is -2.73. The molecule has 1 amide bonds. The van der Waals surface area contributed by atoms with E-state index < -0.39 is 0 Å². The van der Waals surface area contributed by atoms with E-state index in [1.54, 1.807) is 19.2 Å². The summed E-state index contributed by atoms with van der Waals surface area (Å²) in [6, 6.07) is 11.7. The molecule has 6 nitrogen and oxygen atoms in total. The minimum atomic E-state index is -0.212. The largest absolute Gasteiger partial charge is 0.493 e. The Morgan fingerprint density at radius 1 is 0.897 bits per heavy atom. The van der Waals surface area contributed by atoms with Crippen LogP contribution in [-0.4, -0.2) is 45.2 Å². The zero-order valence-electron chi connectivity index (χ0n) is 17.5. The SMILES string of the molecule is COc1ccc(C(=O)NCc2ccccc2CN2CCCCC2)c(OC)c1OC. The molecular formula is C23H30N2O4. The molecule has 0 saturated carbocycles. The summed E-state index contributed by atoms with van der Waals surface area (Å²) in [4.78, 5) is 15.4. The average molecular weight is 399 g/mol. The van der Waals surface area contributed by atoms with Crippen molar-refractivity contribution in [1.82, 2.24) is 10.2 Å². The summed E-state index contributed by atoms with van der Waals surface area (Å²) < 4.78 is 16.1. The number of rotatable bonds is 8. The van der Waals surface area contributed by atoms with Gasteiger partial charge in [-0.05, 0) is 49.2 Å². The van der Waals surface area contributed by atoms with Crippen LogP contribution in [0, 0.1) is 0 Å². The van der Waals surface area contributed by atoms with Gasteiger partial charge in [0.1, 0.15) is 0 Å². The number of likely N-dealkylation sites (tertiary alicyclic amines) is 1. The first-order chi connectivity index (χ1) is 14.2. The van der Waals surface area contributed by atoms with Crippen LogP contribution in [0.4, 0.5) is 0 Å². The number of methoxy groups -OCH3 is 3. The van der Waals surface area contributed by atoms with Gasteiger partial charge in [0.2, 0.25) is 5.75 Å². The summed E-state index contributed by atoms with van der Waals surface area (Å²) in [5.74, 6) is 1.09. The quantitative estimate of drug-likeness (QED) is 0.736. The van der Waals surface area contributed by atoms with Crippen LogP contribution in [-0.2, 0) is 13.1 Å². The number of hydrogen-bond acceptors (Lipinski definition) is 5. The van der Waals surface area contributed by atoms with E-state index in [4.69, 9.17) is 14.2 Å². The molecule has 3 rings (SSSR count). The third-order valence-corrected chi connectivity index (χ3v) is 5.35. The van der Waals surface area contributed by atoms with Crippen molar-refractivity contribution in [3.8, 4) is 17.2 Å². The number of nitrogens with zero attached hydrogens (tertiary/aromatic N) is 1. The van der Waals surface area contributed by atoms with E-state index in [9.17, 15) is 4.79 Å². The molecule has 0 aliphatic carbocycles. The third kappa shape index (κ3) is 5.01. The second-order valence-corrected chi connectivity index (χ2v) is 7.17. The molecule has 0 radical (unpaired) electrons. The molecule has 2 aromatic carbocycles. The first-order valence-electron chi connectivity index (χ1n) is 10.0. The highest BCUT2D eigenvalue weighted by molar-refractivity contribution is 5.98. The van der Waals surface area contributed by atoms with Crippen molar-refractivity contribution in [2.45, 2.75) is 32.4 Å². The number of hydrogen-bond donors (Lipinski definition) is 1. The topological polar surface area (TPSA) is 60.0 Å². The summed E-state index contributed by atoms with van der Waals surface area (Å²) in [5, 5.41) is 3.02. The highest BCUT2D eigenvalue weighted by Gasteiger charge is 2.21. The van der Waals surface area contributed by atoms with E-state index in [2.05, 4.69) is 28.4 Å². The first-order valence-corrected chi connectivity index (χ1v) is 10.0. The van der Waals surface area contributed by atoms with Crippen molar-refractivity contribution < 1.29 is 19.0 Å². The maximum absolute atomic E-state index is 12.9. The molecule has 0 bridgehead atoms. The van der Waals surface area contributed by atoms with Gasteiger partial charge in [-0.15, -0.1) is 0 Å². The monoisotopic (exact) mass is 398 g/mol. The smallest absolute Gasteiger partial charge is 0.255 e. The van der Waals surface area contributed by atoms with Gasteiger partial charge >= 0.3 is 0 Å². The number of carbonyl (C=O) groups excluding carboxylic acids is 1. The lowest BCUT2D eigenvalue weighted by Gasteiger charge is -2.27. The summed E-state index contributed by atoms with van der Waals surface area (Å²) >= 11 is 0. The van der Waals surface area contributed by atoms with Gasteiger partial charge in [-0.3, -0.25) is 9.69 Å². The molecule has 1 aliphatic heterocycles. The Morgan fingerprint density at radius 2 is 1.59 bits per heavy atom. The zero-order chi connectivity index (χ0) is 20.6. The highest BCUT2D eigenvalue weighted by Crippen LogP contribution is 2.39. The molecule has 0 atom stereocenters. The summed E-state index contributed by atoms with van der Waals surface area (Å²) in [5.41, 5.74) is 2.80. The van der Waals surface area contributed by atoms with Crippen LogP contribution in [0.5, 0.6) is 17.2 Å². The molecule has 0 spiro atoms. The van der Waals surface area contributed by atoms with E-state index in [-0.39, 0.29) is 5.91 Å². The highest BCUT2D eigenvalue weighted by atomic mass is 16.5. The van der Waals surface area contributed by atoms with Gasteiger partial charge in [-0.25, -0.2) is 0 Å². The van der Waals surface area contributed by atoms with Crippen LogP contribution in [0.3, 0.4) is 0 Å². The molecule has 1 heterocycles. The predicted molar refractivity (Wildman–Crippen MR) is 113 cm³/mol.